The molecule has 1 heterocycles. The molecule has 1 aliphatic rings. The molecule has 1 aliphatic heterocycles. The Balaban J connectivity index is 0.00000288. The van der Waals surface area contributed by atoms with Crippen LogP contribution in [0, 0.1) is 0 Å². The number of rotatable bonds is 8. The first-order valence-electron chi connectivity index (χ1n) is 8.94. The van der Waals surface area contributed by atoms with Crippen molar-refractivity contribution >= 4 is 24.0 Å². The number of carbonyl (C=O) groups is 1. The number of likely N-dealkylation sites (N-methyl/N-ethyl adjacent to an activating group) is 1. The van der Waals surface area contributed by atoms with Gasteiger partial charge in [-0.3, -0.25) is 9.69 Å². The molecule has 4 nitrogen and oxygen atoms in total. The zero-order valence-corrected chi connectivity index (χ0v) is 16.1. The summed E-state index contributed by atoms with van der Waals surface area (Å²) in [5.74, 6) is 0.931. The van der Waals surface area contributed by atoms with Crippen molar-refractivity contribution < 1.29 is 9.53 Å². The molecule has 0 radical (unpaired) electrons. The number of ether oxygens (including phenoxy) is 1. The van der Waals surface area contributed by atoms with Crippen LogP contribution < -0.4 is 10.1 Å². The van der Waals surface area contributed by atoms with Crippen LogP contribution in [0.4, 0.5) is 5.69 Å². The first-order valence-corrected chi connectivity index (χ1v) is 8.94. The van der Waals surface area contributed by atoms with E-state index in [1.54, 1.807) is 0 Å². The summed E-state index contributed by atoms with van der Waals surface area (Å²) < 4.78 is 5.88. The Morgan fingerprint density at radius 2 is 2.04 bits per heavy atom. The van der Waals surface area contributed by atoms with Crippen molar-refractivity contribution in [2.45, 2.75) is 65.5 Å². The van der Waals surface area contributed by atoms with E-state index in [1.807, 2.05) is 12.1 Å². The molecule has 136 valence electrons. The molecule has 24 heavy (non-hydrogen) atoms. The molecule has 0 saturated carbocycles. The summed E-state index contributed by atoms with van der Waals surface area (Å²) in [7, 11) is 0. The van der Waals surface area contributed by atoms with Crippen molar-refractivity contribution in [1.82, 2.24) is 4.90 Å². The lowest BCUT2D eigenvalue weighted by Gasteiger charge is -2.28. The molecule has 1 N–H and O–H groups in total. The Bertz CT molecular complexity index is 532. The number of fused-ring (bicyclic) bond motifs is 1. The fourth-order valence-electron chi connectivity index (χ4n) is 3.29. The van der Waals surface area contributed by atoms with E-state index in [-0.39, 0.29) is 30.5 Å². The maximum atomic E-state index is 12.9. The summed E-state index contributed by atoms with van der Waals surface area (Å²) in [5.41, 5.74) is 1.99. The number of para-hydroxylation sites is 1. The number of carbonyl (C=O) groups excluding carboxylic acids is 1. The lowest BCUT2D eigenvalue weighted by Crippen LogP contribution is -2.44. The summed E-state index contributed by atoms with van der Waals surface area (Å²) in [4.78, 5) is 15.1. The number of benzene rings is 1. The summed E-state index contributed by atoms with van der Waals surface area (Å²) in [5, 5.41) is 3.12. The predicted octanol–water partition coefficient (Wildman–Crippen LogP) is 4.27. The summed E-state index contributed by atoms with van der Waals surface area (Å²) in [6, 6.07) is 5.94. The van der Waals surface area contributed by atoms with E-state index in [4.69, 9.17) is 4.74 Å². The third-order valence-corrected chi connectivity index (χ3v) is 4.57. The number of hydrogen-bond acceptors (Lipinski definition) is 3. The van der Waals surface area contributed by atoms with Crippen molar-refractivity contribution in [3.63, 3.8) is 0 Å². The van der Waals surface area contributed by atoms with Gasteiger partial charge in [-0.15, -0.1) is 12.4 Å². The van der Waals surface area contributed by atoms with Crippen LogP contribution in [-0.2, 0) is 11.2 Å². The minimum atomic E-state index is -0.0698. The number of unbranched alkanes of at least 4 members (excludes halogenated alkanes) is 1. The van der Waals surface area contributed by atoms with Gasteiger partial charge >= 0.3 is 0 Å². The molecule has 2 unspecified atom stereocenters. The monoisotopic (exact) mass is 354 g/mol. The van der Waals surface area contributed by atoms with E-state index in [1.165, 1.54) is 5.56 Å². The van der Waals surface area contributed by atoms with Crippen molar-refractivity contribution in [3.8, 4) is 5.75 Å². The number of nitrogens with one attached hydrogen (secondary N) is 1. The number of hydrogen-bond donors (Lipinski definition) is 1. The highest BCUT2D eigenvalue weighted by Crippen LogP contribution is 2.36. The average Bonchev–Trinajstić information content (AvgIpc) is 2.92. The molecule has 2 atom stereocenters. The van der Waals surface area contributed by atoms with Crippen LogP contribution in [0.3, 0.4) is 0 Å². The van der Waals surface area contributed by atoms with E-state index in [0.717, 1.165) is 50.2 Å². The van der Waals surface area contributed by atoms with E-state index in [2.05, 4.69) is 44.0 Å². The van der Waals surface area contributed by atoms with E-state index in [9.17, 15) is 4.79 Å². The van der Waals surface area contributed by atoms with Gasteiger partial charge in [0.05, 0.1) is 11.7 Å². The van der Waals surface area contributed by atoms with Crippen LogP contribution in [0.2, 0.25) is 0 Å². The molecule has 5 heteroatoms. The molecular weight excluding hydrogens is 324 g/mol. The number of halogens is 1. The van der Waals surface area contributed by atoms with Crippen LogP contribution in [0.1, 0.15) is 52.5 Å². The van der Waals surface area contributed by atoms with Crippen LogP contribution in [0.5, 0.6) is 5.75 Å². The fraction of sp³-hybridized carbons (Fsp3) is 0.632. The van der Waals surface area contributed by atoms with Crippen molar-refractivity contribution in [1.29, 1.82) is 0 Å². The summed E-state index contributed by atoms with van der Waals surface area (Å²) in [6.07, 6.45) is 4.16. The van der Waals surface area contributed by atoms with E-state index >= 15 is 0 Å². The summed E-state index contributed by atoms with van der Waals surface area (Å²) >= 11 is 0. The molecular formula is C19H31ClN2O2. The SMILES string of the molecule is CCCCC(C(=O)Nc1cccc2c1OC(C)C2)N(CC)CC.Cl. The van der Waals surface area contributed by atoms with Gasteiger partial charge < -0.3 is 10.1 Å². The molecule has 1 aromatic carbocycles. The second-order valence-electron chi connectivity index (χ2n) is 6.29. The molecule has 0 bridgehead atoms. The number of amides is 1. The highest BCUT2D eigenvalue weighted by molar-refractivity contribution is 5.96. The standard InChI is InChI=1S/C19H30N2O2.ClH/c1-5-8-12-17(21(6-2)7-3)19(22)20-16-11-9-10-15-13-14(4)23-18(15)16;/h9-11,14,17H,5-8,12-13H2,1-4H3,(H,20,22);1H. The molecule has 1 amide bonds. The topological polar surface area (TPSA) is 41.6 Å². The Labute approximate surface area is 152 Å². The molecule has 0 fully saturated rings. The van der Waals surface area contributed by atoms with Crippen molar-refractivity contribution in [3.05, 3.63) is 23.8 Å². The Morgan fingerprint density at radius 1 is 1.33 bits per heavy atom. The quantitative estimate of drug-likeness (QED) is 0.757. The van der Waals surface area contributed by atoms with Crippen LogP contribution in [-0.4, -0.2) is 36.0 Å². The minimum absolute atomic E-state index is 0. The van der Waals surface area contributed by atoms with Gasteiger partial charge in [0.25, 0.3) is 0 Å². The zero-order chi connectivity index (χ0) is 16.8. The zero-order valence-electron chi connectivity index (χ0n) is 15.3. The van der Waals surface area contributed by atoms with Gasteiger partial charge in [0.2, 0.25) is 5.91 Å². The van der Waals surface area contributed by atoms with Gasteiger partial charge in [0.1, 0.15) is 11.9 Å². The number of anilines is 1. The van der Waals surface area contributed by atoms with Crippen LogP contribution in [0.15, 0.2) is 18.2 Å². The smallest absolute Gasteiger partial charge is 0.241 e. The molecule has 0 aliphatic carbocycles. The van der Waals surface area contributed by atoms with Gasteiger partial charge in [-0.2, -0.15) is 0 Å². The molecule has 1 aromatic rings. The average molecular weight is 355 g/mol. The second kappa shape index (κ2) is 9.90. The van der Waals surface area contributed by atoms with Crippen molar-refractivity contribution in [2.24, 2.45) is 0 Å². The highest BCUT2D eigenvalue weighted by Gasteiger charge is 2.27. The maximum absolute atomic E-state index is 12.9. The molecule has 0 saturated heterocycles. The number of nitrogens with zero attached hydrogens (tertiary/aromatic N) is 1. The van der Waals surface area contributed by atoms with Gasteiger partial charge in [-0.05, 0) is 38.1 Å². The fourth-order valence-corrected chi connectivity index (χ4v) is 3.29. The first kappa shape index (κ1) is 20.8. The lowest BCUT2D eigenvalue weighted by molar-refractivity contribution is -0.121. The summed E-state index contributed by atoms with van der Waals surface area (Å²) in [6.45, 7) is 10.2. The van der Waals surface area contributed by atoms with Gasteiger partial charge in [0.15, 0.2) is 0 Å². The Kier molecular flexibility index (Phi) is 8.57. The predicted molar refractivity (Wildman–Crippen MR) is 102 cm³/mol. The molecule has 2 rings (SSSR count). The lowest BCUT2D eigenvalue weighted by atomic mass is 10.1. The second-order valence-corrected chi connectivity index (χ2v) is 6.29. The normalized spacial score (nSPS) is 17.0. The third kappa shape index (κ3) is 4.87. The maximum Gasteiger partial charge on any atom is 0.241 e. The van der Waals surface area contributed by atoms with E-state index < -0.39 is 0 Å². The Hall–Kier alpha value is -1.26. The van der Waals surface area contributed by atoms with Gasteiger partial charge in [0, 0.05) is 6.42 Å². The Morgan fingerprint density at radius 3 is 2.67 bits per heavy atom. The highest BCUT2D eigenvalue weighted by atomic mass is 35.5. The minimum Gasteiger partial charge on any atom is -0.488 e. The first-order chi connectivity index (χ1) is 11.1. The third-order valence-electron chi connectivity index (χ3n) is 4.57. The molecule has 0 aromatic heterocycles. The van der Waals surface area contributed by atoms with Crippen LogP contribution in [0.25, 0.3) is 0 Å². The molecule has 0 spiro atoms. The van der Waals surface area contributed by atoms with Gasteiger partial charge in [-0.25, -0.2) is 0 Å². The van der Waals surface area contributed by atoms with Gasteiger partial charge in [-0.1, -0.05) is 45.7 Å². The largest absolute Gasteiger partial charge is 0.488 e. The van der Waals surface area contributed by atoms with Crippen LogP contribution >= 0.6 is 12.4 Å². The van der Waals surface area contributed by atoms with E-state index in [0.29, 0.717) is 0 Å². The van der Waals surface area contributed by atoms with Crippen molar-refractivity contribution in [2.75, 3.05) is 18.4 Å².